The number of nitro groups is 1. The van der Waals surface area contributed by atoms with Crippen LogP contribution in [0.5, 0.6) is 0 Å². The Bertz CT molecular complexity index is 667. The van der Waals surface area contributed by atoms with Crippen LogP contribution < -0.4 is 10.6 Å². The molecule has 2 aromatic rings. The first kappa shape index (κ1) is 14.6. The number of hydrogen-bond acceptors (Lipinski definition) is 6. The number of nitro benzene ring substituents is 1. The number of benzene rings is 1. The minimum Gasteiger partial charge on any atom is -0.423 e. The fourth-order valence-electron chi connectivity index (χ4n) is 1.65. The van der Waals surface area contributed by atoms with Crippen molar-refractivity contribution in [3.8, 4) is 0 Å². The quantitative estimate of drug-likeness (QED) is 0.489. The number of rotatable bonds is 5. The number of amides is 2. The smallest absolute Gasteiger partial charge is 0.316 e. The van der Waals surface area contributed by atoms with E-state index in [1.807, 2.05) is 0 Å². The zero-order chi connectivity index (χ0) is 15.4. The molecule has 0 spiro atoms. The summed E-state index contributed by atoms with van der Waals surface area (Å²) in [5.74, 6) is 0. The van der Waals surface area contributed by atoms with Crippen LogP contribution in [0.2, 0.25) is 0 Å². The molecular formula is C12H15N5O4. The molecule has 2 rings (SSSR count). The van der Waals surface area contributed by atoms with Gasteiger partial charge in [0, 0.05) is 33.3 Å². The van der Waals surface area contributed by atoms with Crippen molar-refractivity contribution < 1.29 is 14.1 Å². The number of nitrogens with one attached hydrogen (secondary N) is 2. The van der Waals surface area contributed by atoms with Crippen LogP contribution in [0.25, 0.3) is 11.1 Å². The van der Waals surface area contributed by atoms with Crippen molar-refractivity contribution in [3.63, 3.8) is 0 Å². The first-order valence-corrected chi connectivity index (χ1v) is 6.22. The summed E-state index contributed by atoms with van der Waals surface area (Å²) >= 11 is 0. The molecule has 0 fully saturated rings. The maximum atomic E-state index is 11.3. The molecule has 9 nitrogen and oxygen atoms in total. The fraction of sp³-hybridized carbons (Fsp3) is 0.333. The van der Waals surface area contributed by atoms with Gasteiger partial charge in [0.25, 0.3) is 11.7 Å². The van der Waals surface area contributed by atoms with Gasteiger partial charge in [0.15, 0.2) is 11.1 Å². The van der Waals surface area contributed by atoms with Crippen LogP contribution in [0.1, 0.15) is 0 Å². The number of anilines is 1. The summed E-state index contributed by atoms with van der Waals surface area (Å²) in [5, 5.41) is 16.4. The van der Waals surface area contributed by atoms with Crippen LogP contribution in [0.4, 0.5) is 16.5 Å². The highest BCUT2D eigenvalue weighted by atomic mass is 16.6. The largest absolute Gasteiger partial charge is 0.423 e. The Kier molecular flexibility index (Phi) is 4.21. The molecule has 0 saturated carbocycles. The van der Waals surface area contributed by atoms with Gasteiger partial charge < -0.3 is 20.0 Å². The van der Waals surface area contributed by atoms with Crippen LogP contribution in [0, 0.1) is 10.1 Å². The molecule has 0 aliphatic rings. The Labute approximate surface area is 120 Å². The summed E-state index contributed by atoms with van der Waals surface area (Å²) < 4.78 is 5.36. The first-order chi connectivity index (χ1) is 9.99. The molecule has 0 unspecified atom stereocenters. The fourth-order valence-corrected chi connectivity index (χ4v) is 1.65. The minimum absolute atomic E-state index is 0.106. The lowest BCUT2D eigenvalue weighted by Crippen LogP contribution is -2.37. The summed E-state index contributed by atoms with van der Waals surface area (Å²) in [4.78, 5) is 27.1. The van der Waals surface area contributed by atoms with Crippen molar-refractivity contribution in [2.45, 2.75) is 0 Å². The number of fused-ring (bicyclic) bond motifs is 1. The van der Waals surface area contributed by atoms with E-state index in [4.69, 9.17) is 4.42 Å². The summed E-state index contributed by atoms with van der Waals surface area (Å²) in [6, 6.07) is 4.48. The number of aromatic nitrogens is 1. The third-order valence-electron chi connectivity index (χ3n) is 2.68. The molecule has 21 heavy (non-hydrogen) atoms. The SMILES string of the molecule is CN(C)C(=O)NCCNc1nc2c([N+](=O)[O-])cccc2o1. The molecule has 0 bridgehead atoms. The van der Waals surface area contributed by atoms with Crippen LogP contribution in [-0.2, 0) is 0 Å². The molecule has 0 aliphatic heterocycles. The third-order valence-corrected chi connectivity index (χ3v) is 2.68. The molecular weight excluding hydrogens is 278 g/mol. The van der Waals surface area contributed by atoms with Gasteiger partial charge in [0.1, 0.15) is 0 Å². The monoisotopic (exact) mass is 293 g/mol. The number of para-hydroxylation sites is 1. The van der Waals surface area contributed by atoms with E-state index in [1.165, 1.54) is 17.0 Å². The number of carbonyl (C=O) groups excluding carboxylic acids is 1. The van der Waals surface area contributed by atoms with Crippen LogP contribution >= 0.6 is 0 Å². The van der Waals surface area contributed by atoms with Crippen LogP contribution in [0.15, 0.2) is 22.6 Å². The second-order valence-electron chi connectivity index (χ2n) is 4.45. The topological polar surface area (TPSA) is 114 Å². The molecule has 2 N–H and O–H groups in total. The minimum atomic E-state index is -0.508. The average Bonchev–Trinajstić information content (AvgIpc) is 2.85. The molecule has 0 atom stereocenters. The number of carbonyl (C=O) groups is 1. The summed E-state index contributed by atoms with van der Waals surface area (Å²) in [7, 11) is 3.28. The molecule has 1 heterocycles. The van der Waals surface area contributed by atoms with Crippen LogP contribution in [-0.4, -0.2) is 48.0 Å². The van der Waals surface area contributed by atoms with Gasteiger partial charge in [-0.15, -0.1) is 0 Å². The maximum Gasteiger partial charge on any atom is 0.316 e. The van der Waals surface area contributed by atoms with E-state index in [1.54, 1.807) is 20.2 Å². The highest BCUT2D eigenvalue weighted by Gasteiger charge is 2.17. The molecule has 2 amide bonds. The van der Waals surface area contributed by atoms with Gasteiger partial charge in [-0.1, -0.05) is 6.07 Å². The van der Waals surface area contributed by atoms with Gasteiger partial charge in [-0.05, 0) is 6.07 Å². The molecule has 9 heteroatoms. The molecule has 0 saturated heterocycles. The van der Waals surface area contributed by atoms with Crippen molar-refractivity contribution in [1.82, 2.24) is 15.2 Å². The van der Waals surface area contributed by atoms with E-state index in [2.05, 4.69) is 15.6 Å². The summed E-state index contributed by atoms with van der Waals surface area (Å²) in [5.41, 5.74) is 0.427. The zero-order valence-corrected chi connectivity index (χ0v) is 11.6. The van der Waals surface area contributed by atoms with Gasteiger partial charge >= 0.3 is 6.03 Å². The Morgan fingerprint density at radius 2 is 2.19 bits per heavy atom. The van der Waals surface area contributed by atoms with Gasteiger partial charge in [-0.25, -0.2) is 4.79 Å². The lowest BCUT2D eigenvalue weighted by atomic mass is 10.3. The highest BCUT2D eigenvalue weighted by molar-refractivity contribution is 5.84. The number of urea groups is 1. The molecule has 0 aliphatic carbocycles. The normalized spacial score (nSPS) is 10.4. The Morgan fingerprint density at radius 3 is 2.86 bits per heavy atom. The molecule has 1 aromatic carbocycles. The first-order valence-electron chi connectivity index (χ1n) is 6.22. The lowest BCUT2D eigenvalue weighted by molar-refractivity contribution is -0.383. The molecule has 112 valence electrons. The van der Waals surface area contributed by atoms with Crippen molar-refractivity contribution in [1.29, 1.82) is 0 Å². The average molecular weight is 293 g/mol. The predicted molar refractivity (Wildman–Crippen MR) is 76.2 cm³/mol. The molecule has 0 radical (unpaired) electrons. The maximum absolute atomic E-state index is 11.3. The third kappa shape index (κ3) is 3.38. The second-order valence-corrected chi connectivity index (χ2v) is 4.45. The van der Waals surface area contributed by atoms with E-state index in [-0.39, 0.29) is 23.2 Å². The van der Waals surface area contributed by atoms with E-state index >= 15 is 0 Å². The van der Waals surface area contributed by atoms with Crippen molar-refractivity contribution in [3.05, 3.63) is 28.3 Å². The summed E-state index contributed by atoms with van der Waals surface area (Å²) in [6.07, 6.45) is 0. The zero-order valence-electron chi connectivity index (χ0n) is 11.6. The van der Waals surface area contributed by atoms with E-state index in [0.717, 1.165) is 0 Å². The van der Waals surface area contributed by atoms with E-state index in [9.17, 15) is 14.9 Å². The van der Waals surface area contributed by atoms with Gasteiger partial charge in [-0.2, -0.15) is 4.98 Å². The van der Waals surface area contributed by atoms with Crippen LogP contribution in [0.3, 0.4) is 0 Å². The predicted octanol–water partition coefficient (Wildman–Crippen LogP) is 1.42. The van der Waals surface area contributed by atoms with Crippen molar-refractivity contribution in [2.75, 3.05) is 32.5 Å². The highest BCUT2D eigenvalue weighted by Crippen LogP contribution is 2.26. The van der Waals surface area contributed by atoms with E-state index in [0.29, 0.717) is 18.7 Å². The van der Waals surface area contributed by atoms with Crippen molar-refractivity contribution in [2.24, 2.45) is 0 Å². The number of hydrogen-bond donors (Lipinski definition) is 2. The Balaban J connectivity index is 1.99. The summed E-state index contributed by atoms with van der Waals surface area (Å²) in [6.45, 7) is 0.762. The number of nitrogens with zero attached hydrogens (tertiary/aromatic N) is 3. The van der Waals surface area contributed by atoms with Gasteiger partial charge in [-0.3, -0.25) is 10.1 Å². The molecule has 1 aromatic heterocycles. The number of oxazole rings is 1. The second kappa shape index (κ2) is 6.07. The van der Waals surface area contributed by atoms with E-state index < -0.39 is 4.92 Å². The lowest BCUT2D eigenvalue weighted by Gasteiger charge is -2.11. The standard InChI is InChI=1S/C12H15N5O4/c1-16(2)12(18)14-7-6-13-11-15-10-8(17(19)20)4-3-5-9(10)21-11/h3-5H,6-7H2,1-2H3,(H,13,15)(H,14,18). The number of non-ortho nitro benzene ring substituents is 1. The van der Waals surface area contributed by atoms with Gasteiger partial charge in [0.2, 0.25) is 0 Å². The van der Waals surface area contributed by atoms with Crippen molar-refractivity contribution >= 4 is 28.8 Å². The Hall–Kier alpha value is -2.84. The Morgan fingerprint density at radius 1 is 1.43 bits per heavy atom. The van der Waals surface area contributed by atoms with Gasteiger partial charge in [0.05, 0.1) is 4.92 Å².